The monoisotopic (exact) mass is 634 g/mol. The second-order valence-corrected chi connectivity index (χ2v) is 13.0. The van der Waals surface area contributed by atoms with E-state index < -0.39 is 0 Å². The largest absolute Gasteiger partial charge is 0.228 e. The Morgan fingerprint density at radius 2 is 1.10 bits per heavy atom. The van der Waals surface area contributed by atoms with Crippen LogP contribution >= 0.6 is 0 Å². The molecule has 0 unspecified atom stereocenters. The molecule has 2 nitrogen and oxygen atoms in total. The molecule has 1 fully saturated rings. The Kier molecular flexibility index (Phi) is 9.57. The number of nitrogens with zero attached hydrogens (tertiary/aromatic N) is 2. The summed E-state index contributed by atoms with van der Waals surface area (Å²) in [5.41, 5.74) is 12.3. The molecule has 5 aromatic carbocycles. The highest BCUT2D eigenvalue weighted by atomic mass is 14.9. The van der Waals surface area contributed by atoms with Crippen LogP contribution in [-0.4, -0.2) is 9.97 Å². The van der Waals surface area contributed by atoms with Gasteiger partial charge in [-0.05, 0) is 65.3 Å². The van der Waals surface area contributed by atoms with Gasteiger partial charge in [-0.25, -0.2) is 9.97 Å². The first-order chi connectivity index (χ1) is 24.1. The van der Waals surface area contributed by atoms with Gasteiger partial charge in [-0.2, -0.15) is 0 Å². The first-order valence-corrected chi connectivity index (χ1v) is 17.4. The number of hydrogen-bond acceptors (Lipinski definition) is 2. The maximum absolute atomic E-state index is 5.06. The lowest BCUT2D eigenvalue weighted by atomic mass is 9.65. The van der Waals surface area contributed by atoms with E-state index in [0.29, 0.717) is 0 Å². The van der Waals surface area contributed by atoms with Gasteiger partial charge in [0.15, 0.2) is 5.82 Å². The van der Waals surface area contributed by atoms with Gasteiger partial charge in [0, 0.05) is 22.1 Å². The third-order valence-electron chi connectivity index (χ3n) is 9.96. The second kappa shape index (κ2) is 14.7. The molecular weight excluding hydrogens is 593 g/mol. The van der Waals surface area contributed by atoms with Crippen LogP contribution in [0.3, 0.4) is 0 Å². The van der Waals surface area contributed by atoms with Gasteiger partial charge in [0.25, 0.3) is 0 Å². The molecule has 1 aliphatic carbocycles. The molecule has 2 heteroatoms. The number of allylic oxidation sites excluding steroid dienone is 5. The molecule has 0 N–H and O–H groups in total. The van der Waals surface area contributed by atoms with E-state index in [2.05, 4.69) is 146 Å². The third kappa shape index (κ3) is 7.00. The topological polar surface area (TPSA) is 25.8 Å². The Hall–Kier alpha value is -5.60. The van der Waals surface area contributed by atoms with Crippen molar-refractivity contribution in [1.82, 2.24) is 9.97 Å². The standard InChI is InChI=1S/C47H42N2/c1-3-36(41-23-16-24-42(33-41)37-17-8-4-9-18-37)26-25-35(2)47(31-14-7-15-32-47)43-29-27-39(28-30-43)45-34-44(38-19-10-5-11-20-38)48-46(49-45)40-21-12-6-13-22-40/h3-6,8-13,16-30,33-34H,2,7,14-15,31-32H2,1H3/b26-25-,36-3+. The van der Waals surface area contributed by atoms with Gasteiger partial charge in [0.2, 0.25) is 0 Å². The quantitative estimate of drug-likeness (QED) is 0.148. The lowest BCUT2D eigenvalue weighted by molar-refractivity contribution is 0.346. The molecule has 49 heavy (non-hydrogen) atoms. The van der Waals surface area contributed by atoms with Gasteiger partial charge in [-0.3, -0.25) is 0 Å². The first-order valence-electron chi connectivity index (χ1n) is 17.4. The van der Waals surface area contributed by atoms with Gasteiger partial charge in [-0.1, -0.05) is 178 Å². The average Bonchev–Trinajstić information content (AvgIpc) is 3.19. The molecule has 0 radical (unpaired) electrons. The fraction of sp³-hybridized carbons (Fsp3) is 0.149. The fourth-order valence-electron chi connectivity index (χ4n) is 7.20. The van der Waals surface area contributed by atoms with E-state index >= 15 is 0 Å². The molecule has 0 aliphatic heterocycles. The van der Waals surface area contributed by atoms with E-state index in [4.69, 9.17) is 16.5 Å². The molecule has 0 saturated heterocycles. The van der Waals surface area contributed by atoms with Crippen LogP contribution in [0.2, 0.25) is 0 Å². The maximum atomic E-state index is 5.06. The summed E-state index contributed by atoms with van der Waals surface area (Å²) in [6.45, 7) is 6.85. The van der Waals surface area contributed by atoms with E-state index in [0.717, 1.165) is 46.7 Å². The first kappa shape index (κ1) is 32.0. The van der Waals surface area contributed by atoms with Gasteiger partial charge in [0.1, 0.15) is 0 Å². The Bertz CT molecular complexity index is 2030. The van der Waals surface area contributed by atoms with Gasteiger partial charge in [0.05, 0.1) is 11.4 Å². The van der Waals surface area contributed by atoms with Crippen molar-refractivity contribution in [2.75, 3.05) is 0 Å². The summed E-state index contributed by atoms with van der Waals surface area (Å²) in [6.07, 6.45) is 12.6. The Labute approximate surface area is 291 Å². The fourth-order valence-corrected chi connectivity index (χ4v) is 7.20. The predicted molar refractivity (Wildman–Crippen MR) is 207 cm³/mol. The van der Waals surface area contributed by atoms with Crippen molar-refractivity contribution in [3.05, 3.63) is 187 Å². The predicted octanol–water partition coefficient (Wildman–Crippen LogP) is 12.6. The number of rotatable bonds is 9. The summed E-state index contributed by atoms with van der Waals surface area (Å²) in [5.74, 6) is 0.734. The van der Waals surface area contributed by atoms with Crippen molar-refractivity contribution in [2.24, 2.45) is 0 Å². The van der Waals surface area contributed by atoms with E-state index in [1.165, 1.54) is 52.7 Å². The molecule has 7 rings (SSSR count). The van der Waals surface area contributed by atoms with Crippen molar-refractivity contribution in [2.45, 2.75) is 44.4 Å². The normalized spacial score (nSPS) is 14.5. The zero-order chi connectivity index (χ0) is 33.5. The number of benzene rings is 5. The van der Waals surface area contributed by atoms with Crippen LogP contribution in [0.25, 0.3) is 50.6 Å². The van der Waals surface area contributed by atoms with Crippen LogP contribution in [-0.2, 0) is 5.41 Å². The van der Waals surface area contributed by atoms with Crippen molar-refractivity contribution >= 4 is 5.57 Å². The van der Waals surface area contributed by atoms with E-state index in [9.17, 15) is 0 Å². The number of aromatic nitrogens is 2. The van der Waals surface area contributed by atoms with E-state index in [1.54, 1.807) is 0 Å². The lowest BCUT2D eigenvalue weighted by Gasteiger charge is -2.39. The minimum atomic E-state index is -0.0892. The molecule has 1 aromatic heterocycles. The average molecular weight is 635 g/mol. The van der Waals surface area contributed by atoms with Crippen molar-refractivity contribution < 1.29 is 0 Å². The molecule has 1 aliphatic rings. The van der Waals surface area contributed by atoms with Crippen LogP contribution in [0.4, 0.5) is 0 Å². The highest BCUT2D eigenvalue weighted by Gasteiger charge is 2.35. The molecule has 1 heterocycles. The molecule has 0 amide bonds. The summed E-state index contributed by atoms with van der Waals surface area (Å²) < 4.78 is 0. The molecule has 0 atom stereocenters. The minimum Gasteiger partial charge on any atom is -0.228 e. The van der Waals surface area contributed by atoms with E-state index in [-0.39, 0.29) is 5.41 Å². The number of hydrogen-bond donors (Lipinski definition) is 0. The third-order valence-corrected chi connectivity index (χ3v) is 9.96. The van der Waals surface area contributed by atoms with Gasteiger partial charge in [-0.15, -0.1) is 0 Å². The van der Waals surface area contributed by atoms with Crippen LogP contribution < -0.4 is 0 Å². The Balaban J connectivity index is 1.19. The van der Waals surface area contributed by atoms with Gasteiger partial charge >= 0.3 is 0 Å². The zero-order valence-electron chi connectivity index (χ0n) is 28.2. The van der Waals surface area contributed by atoms with E-state index in [1.807, 2.05) is 24.3 Å². The van der Waals surface area contributed by atoms with Gasteiger partial charge < -0.3 is 0 Å². The summed E-state index contributed by atoms with van der Waals surface area (Å²) in [5, 5.41) is 0. The molecule has 6 aromatic rings. The van der Waals surface area contributed by atoms with Crippen LogP contribution in [0.15, 0.2) is 176 Å². The molecule has 240 valence electrons. The maximum Gasteiger partial charge on any atom is 0.160 e. The molecular formula is C47H42N2. The Morgan fingerprint density at radius 1 is 0.551 bits per heavy atom. The highest BCUT2D eigenvalue weighted by molar-refractivity contribution is 5.78. The van der Waals surface area contributed by atoms with Crippen LogP contribution in [0.5, 0.6) is 0 Å². The molecule has 1 saturated carbocycles. The summed E-state index contributed by atoms with van der Waals surface area (Å²) >= 11 is 0. The minimum absolute atomic E-state index is 0.0892. The zero-order valence-corrected chi connectivity index (χ0v) is 28.2. The van der Waals surface area contributed by atoms with Crippen molar-refractivity contribution in [3.8, 4) is 45.0 Å². The van der Waals surface area contributed by atoms with Crippen LogP contribution in [0.1, 0.15) is 50.2 Å². The van der Waals surface area contributed by atoms with Crippen molar-refractivity contribution in [3.63, 3.8) is 0 Å². The summed E-state index contributed by atoms with van der Waals surface area (Å²) in [4.78, 5) is 10.0. The second-order valence-electron chi connectivity index (χ2n) is 13.0. The van der Waals surface area contributed by atoms with Crippen LogP contribution in [0, 0.1) is 0 Å². The summed E-state index contributed by atoms with van der Waals surface area (Å²) in [6, 6.07) is 51.2. The lowest BCUT2D eigenvalue weighted by Crippen LogP contribution is -2.30. The molecule has 0 spiro atoms. The SMILES string of the molecule is C=C(/C=C\C(=C/C)c1cccc(-c2ccccc2)c1)C1(c2ccc(-c3cc(-c4ccccc4)nc(-c4ccccc4)n3)cc2)CCCCC1. The Morgan fingerprint density at radius 3 is 1.71 bits per heavy atom. The highest BCUT2D eigenvalue weighted by Crippen LogP contribution is 2.46. The summed E-state index contributed by atoms with van der Waals surface area (Å²) in [7, 11) is 0. The molecule has 0 bridgehead atoms. The van der Waals surface area contributed by atoms with Crippen molar-refractivity contribution in [1.29, 1.82) is 0 Å². The smallest absolute Gasteiger partial charge is 0.160 e.